The number of rotatable bonds is 4. The minimum absolute atomic E-state index is 0.0853. The standard InChI is InChI=1S/C13H14ClN3O2/c1-2-3-9(15)13(19)17-11-4-7-5-12(18)16-10(7)6-8(11)14/h2,4,6,9H,1,3,5,15H2,(H,16,18)(H,17,19). The SMILES string of the molecule is C=CCC(N)C(=O)Nc1cc2c(cc1Cl)NC(=O)C2. The first-order valence-corrected chi connectivity index (χ1v) is 6.18. The van der Waals surface area contributed by atoms with Crippen molar-refractivity contribution in [3.63, 3.8) is 0 Å². The van der Waals surface area contributed by atoms with E-state index < -0.39 is 6.04 Å². The van der Waals surface area contributed by atoms with Gasteiger partial charge in [-0.1, -0.05) is 17.7 Å². The Balaban J connectivity index is 2.18. The summed E-state index contributed by atoms with van der Waals surface area (Å²) in [6, 6.07) is 2.64. The molecule has 2 amide bonds. The van der Waals surface area contributed by atoms with Gasteiger partial charge >= 0.3 is 0 Å². The Labute approximate surface area is 115 Å². The van der Waals surface area contributed by atoms with Crippen molar-refractivity contribution in [1.82, 2.24) is 0 Å². The fourth-order valence-corrected chi connectivity index (χ4v) is 2.07. The van der Waals surface area contributed by atoms with Crippen LogP contribution in [-0.2, 0) is 16.0 Å². The van der Waals surface area contributed by atoms with Crippen LogP contribution in [0.2, 0.25) is 5.02 Å². The maximum absolute atomic E-state index is 11.8. The van der Waals surface area contributed by atoms with Crippen LogP contribution in [-0.4, -0.2) is 17.9 Å². The van der Waals surface area contributed by atoms with Crippen LogP contribution in [0.3, 0.4) is 0 Å². The molecular weight excluding hydrogens is 266 g/mol. The zero-order valence-electron chi connectivity index (χ0n) is 10.2. The first-order chi connectivity index (χ1) is 9.01. The molecule has 1 aromatic rings. The number of amides is 2. The molecule has 1 aliphatic heterocycles. The Morgan fingerprint density at radius 1 is 1.63 bits per heavy atom. The molecule has 0 bridgehead atoms. The Morgan fingerprint density at radius 2 is 2.37 bits per heavy atom. The van der Waals surface area contributed by atoms with Crippen LogP contribution in [0.25, 0.3) is 0 Å². The Kier molecular flexibility index (Phi) is 3.87. The van der Waals surface area contributed by atoms with E-state index >= 15 is 0 Å². The van der Waals surface area contributed by atoms with Crippen LogP contribution in [0, 0.1) is 0 Å². The van der Waals surface area contributed by atoms with Crippen molar-refractivity contribution < 1.29 is 9.59 Å². The summed E-state index contributed by atoms with van der Waals surface area (Å²) < 4.78 is 0. The number of fused-ring (bicyclic) bond motifs is 1. The normalized spacial score (nSPS) is 14.5. The molecule has 4 N–H and O–H groups in total. The molecule has 6 heteroatoms. The quantitative estimate of drug-likeness (QED) is 0.733. The first-order valence-electron chi connectivity index (χ1n) is 5.81. The third kappa shape index (κ3) is 2.94. The number of nitrogens with two attached hydrogens (primary N) is 1. The van der Waals surface area contributed by atoms with Gasteiger partial charge in [-0.15, -0.1) is 6.58 Å². The first kappa shape index (κ1) is 13.6. The number of carbonyl (C=O) groups excluding carboxylic acids is 2. The van der Waals surface area contributed by atoms with Crippen LogP contribution in [0.5, 0.6) is 0 Å². The van der Waals surface area contributed by atoms with E-state index in [4.69, 9.17) is 17.3 Å². The number of benzene rings is 1. The highest BCUT2D eigenvalue weighted by Crippen LogP contribution is 2.32. The van der Waals surface area contributed by atoms with Gasteiger partial charge in [-0.3, -0.25) is 9.59 Å². The van der Waals surface area contributed by atoms with Crippen LogP contribution < -0.4 is 16.4 Å². The average Bonchev–Trinajstić information content (AvgIpc) is 2.69. The van der Waals surface area contributed by atoms with Crippen LogP contribution >= 0.6 is 11.6 Å². The van der Waals surface area contributed by atoms with E-state index in [0.29, 0.717) is 22.8 Å². The summed E-state index contributed by atoms with van der Waals surface area (Å²) in [5, 5.41) is 5.71. The fraction of sp³-hybridized carbons (Fsp3) is 0.231. The van der Waals surface area contributed by atoms with Crippen LogP contribution in [0.4, 0.5) is 11.4 Å². The topological polar surface area (TPSA) is 84.2 Å². The molecule has 0 saturated carbocycles. The molecule has 0 saturated heterocycles. The number of carbonyl (C=O) groups is 2. The monoisotopic (exact) mass is 279 g/mol. The highest BCUT2D eigenvalue weighted by Gasteiger charge is 2.21. The second-order valence-electron chi connectivity index (χ2n) is 4.33. The van der Waals surface area contributed by atoms with Gasteiger partial charge in [0, 0.05) is 5.69 Å². The second-order valence-corrected chi connectivity index (χ2v) is 4.74. The summed E-state index contributed by atoms with van der Waals surface area (Å²) in [6.07, 6.45) is 2.25. The van der Waals surface area contributed by atoms with E-state index in [-0.39, 0.29) is 18.2 Å². The summed E-state index contributed by atoms with van der Waals surface area (Å²) in [5.41, 5.74) is 7.62. The van der Waals surface area contributed by atoms with Crippen molar-refractivity contribution in [2.45, 2.75) is 18.9 Å². The predicted molar refractivity (Wildman–Crippen MR) is 75.2 cm³/mol. The van der Waals surface area contributed by atoms with Gasteiger partial charge in [0.15, 0.2) is 0 Å². The van der Waals surface area contributed by atoms with Gasteiger partial charge in [0.2, 0.25) is 11.8 Å². The summed E-state index contributed by atoms with van der Waals surface area (Å²) >= 11 is 6.05. The van der Waals surface area contributed by atoms with Gasteiger partial charge in [0.1, 0.15) is 0 Å². The van der Waals surface area contributed by atoms with Gasteiger partial charge in [0.25, 0.3) is 0 Å². The molecule has 1 atom stereocenters. The summed E-state index contributed by atoms with van der Waals surface area (Å²) in [5.74, 6) is -0.420. The molecule has 0 aromatic heterocycles. The molecular formula is C13H14ClN3O2. The minimum atomic E-state index is -0.665. The Bertz CT molecular complexity index is 557. The molecule has 1 aliphatic rings. The fourth-order valence-electron chi connectivity index (χ4n) is 1.86. The lowest BCUT2D eigenvalue weighted by Crippen LogP contribution is -2.35. The lowest BCUT2D eigenvalue weighted by molar-refractivity contribution is -0.117. The molecule has 1 heterocycles. The highest BCUT2D eigenvalue weighted by molar-refractivity contribution is 6.34. The van der Waals surface area contributed by atoms with Crippen molar-refractivity contribution in [3.8, 4) is 0 Å². The zero-order valence-corrected chi connectivity index (χ0v) is 11.0. The second kappa shape index (κ2) is 5.42. The van der Waals surface area contributed by atoms with Crippen LogP contribution in [0.1, 0.15) is 12.0 Å². The maximum Gasteiger partial charge on any atom is 0.241 e. The third-order valence-corrected chi connectivity index (χ3v) is 3.15. The molecule has 2 rings (SSSR count). The maximum atomic E-state index is 11.8. The molecule has 100 valence electrons. The van der Waals surface area contributed by atoms with Crippen molar-refractivity contribution in [1.29, 1.82) is 0 Å². The third-order valence-electron chi connectivity index (χ3n) is 2.83. The van der Waals surface area contributed by atoms with E-state index in [0.717, 1.165) is 5.56 Å². The summed E-state index contributed by atoms with van der Waals surface area (Å²) in [4.78, 5) is 23.1. The molecule has 19 heavy (non-hydrogen) atoms. The van der Waals surface area contributed by atoms with E-state index in [2.05, 4.69) is 17.2 Å². The van der Waals surface area contributed by atoms with Crippen molar-refractivity contribution in [2.24, 2.45) is 5.73 Å². The predicted octanol–water partition coefficient (Wildman–Crippen LogP) is 1.68. The molecule has 1 unspecified atom stereocenters. The van der Waals surface area contributed by atoms with Crippen LogP contribution in [0.15, 0.2) is 24.8 Å². The number of nitrogens with one attached hydrogen (secondary N) is 2. The Morgan fingerprint density at radius 3 is 3.05 bits per heavy atom. The molecule has 0 fully saturated rings. The zero-order chi connectivity index (χ0) is 14.0. The summed E-state index contributed by atoms with van der Waals surface area (Å²) in [7, 11) is 0. The van der Waals surface area contributed by atoms with E-state index in [1.165, 1.54) is 0 Å². The number of anilines is 2. The summed E-state index contributed by atoms with van der Waals surface area (Å²) in [6.45, 7) is 3.53. The van der Waals surface area contributed by atoms with Crippen molar-refractivity contribution in [3.05, 3.63) is 35.4 Å². The lowest BCUT2D eigenvalue weighted by atomic mass is 10.1. The average molecular weight is 280 g/mol. The van der Waals surface area contributed by atoms with Crippen molar-refractivity contribution >= 4 is 34.8 Å². The van der Waals surface area contributed by atoms with Gasteiger partial charge in [-0.05, 0) is 24.1 Å². The lowest BCUT2D eigenvalue weighted by Gasteiger charge is -2.12. The van der Waals surface area contributed by atoms with E-state index in [1.807, 2.05) is 0 Å². The number of hydrogen-bond donors (Lipinski definition) is 3. The van der Waals surface area contributed by atoms with Gasteiger partial charge < -0.3 is 16.4 Å². The molecule has 0 aliphatic carbocycles. The molecule has 0 spiro atoms. The smallest absolute Gasteiger partial charge is 0.241 e. The molecule has 0 radical (unpaired) electrons. The Hall–Kier alpha value is -1.85. The van der Waals surface area contributed by atoms with Crippen molar-refractivity contribution in [2.75, 3.05) is 10.6 Å². The van der Waals surface area contributed by atoms with E-state index in [1.54, 1.807) is 18.2 Å². The minimum Gasteiger partial charge on any atom is -0.325 e. The van der Waals surface area contributed by atoms with E-state index in [9.17, 15) is 9.59 Å². The van der Waals surface area contributed by atoms with Gasteiger partial charge in [0.05, 0.1) is 23.2 Å². The largest absolute Gasteiger partial charge is 0.325 e. The number of hydrogen-bond acceptors (Lipinski definition) is 3. The molecule has 1 aromatic carbocycles. The van der Waals surface area contributed by atoms with Gasteiger partial charge in [-0.25, -0.2) is 0 Å². The highest BCUT2D eigenvalue weighted by atomic mass is 35.5. The molecule has 5 nitrogen and oxygen atoms in total. The van der Waals surface area contributed by atoms with Gasteiger partial charge in [-0.2, -0.15) is 0 Å². The number of halogens is 1.